The Hall–Kier alpha value is -3.28. The van der Waals surface area contributed by atoms with Crippen molar-refractivity contribution >= 4 is 17.5 Å². The lowest BCUT2D eigenvalue weighted by Gasteiger charge is -2.15. The molecular formula is C22H26N2O4. The minimum Gasteiger partial charge on any atom is -0.489 e. The van der Waals surface area contributed by atoms with Gasteiger partial charge in [0.1, 0.15) is 19.0 Å². The number of para-hydroxylation sites is 1. The standard InChI is InChI=1S/C22H26N2O4/c1-6-11-28-24-17(4)19-12-16(3)21(13-15(19)2)27-14-18-9-7-8-10-20(18)23-22(25)26-5/h6-10,12-13H,1,11,14H2,2-5H3,(H,23,25)/b24-17+. The summed E-state index contributed by atoms with van der Waals surface area (Å²) in [5, 5.41) is 6.80. The summed E-state index contributed by atoms with van der Waals surface area (Å²) < 4.78 is 10.7. The van der Waals surface area contributed by atoms with Crippen molar-refractivity contribution in [2.75, 3.05) is 19.0 Å². The first-order chi connectivity index (χ1) is 13.5. The first kappa shape index (κ1) is 21.0. The molecule has 2 rings (SSSR count). The molecule has 0 atom stereocenters. The summed E-state index contributed by atoms with van der Waals surface area (Å²) >= 11 is 0. The summed E-state index contributed by atoms with van der Waals surface area (Å²) in [6, 6.07) is 11.4. The fourth-order valence-electron chi connectivity index (χ4n) is 2.66. The van der Waals surface area contributed by atoms with Gasteiger partial charge in [-0.2, -0.15) is 0 Å². The molecule has 2 aromatic rings. The fraction of sp³-hybridized carbons (Fsp3) is 0.273. The largest absolute Gasteiger partial charge is 0.489 e. The number of ether oxygens (including phenoxy) is 2. The van der Waals surface area contributed by atoms with E-state index in [2.05, 4.69) is 21.8 Å². The SMILES string of the molecule is C=CCO/N=C(\C)c1cc(C)c(OCc2ccccc2NC(=O)OC)cc1C. The highest BCUT2D eigenvalue weighted by atomic mass is 16.6. The summed E-state index contributed by atoms with van der Waals surface area (Å²) in [6.07, 6.45) is 1.14. The van der Waals surface area contributed by atoms with E-state index in [-0.39, 0.29) is 0 Å². The summed E-state index contributed by atoms with van der Waals surface area (Å²) in [6.45, 7) is 10.2. The van der Waals surface area contributed by atoms with Gasteiger partial charge in [-0.15, -0.1) is 0 Å². The van der Waals surface area contributed by atoms with E-state index in [9.17, 15) is 4.79 Å². The van der Waals surface area contributed by atoms with E-state index < -0.39 is 6.09 Å². The zero-order valence-electron chi connectivity index (χ0n) is 16.7. The van der Waals surface area contributed by atoms with Crippen LogP contribution in [-0.4, -0.2) is 25.5 Å². The van der Waals surface area contributed by atoms with Gasteiger partial charge in [0.15, 0.2) is 0 Å². The molecule has 0 bridgehead atoms. The van der Waals surface area contributed by atoms with Crippen molar-refractivity contribution in [2.24, 2.45) is 5.16 Å². The number of nitrogens with one attached hydrogen (secondary N) is 1. The number of hydrogen-bond acceptors (Lipinski definition) is 5. The molecule has 6 nitrogen and oxygen atoms in total. The second-order valence-corrected chi connectivity index (χ2v) is 6.26. The lowest BCUT2D eigenvalue weighted by molar-refractivity contribution is 0.175. The van der Waals surface area contributed by atoms with Crippen LogP contribution in [0.3, 0.4) is 0 Å². The Morgan fingerprint density at radius 1 is 1.21 bits per heavy atom. The number of aryl methyl sites for hydroxylation is 2. The third kappa shape index (κ3) is 5.61. The molecule has 0 aromatic heterocycles. The molecule has 0 spiro atoms. The number of rotatable bonds is 8. The van der Waals surface area contributed by atoms with Crippen LogP contribution in [0.2, 0.25) is 0 Å². The van der Waals surface area contributed by atoms with E-state index in [0.29, 0.717) is 18.9 Å². The van der Waals surface area contributed by atoms with Crippen LogP contribution >= 0.6 is 0 Å². The van der Waals surface area contributed by atoms with E-state index in [1.54, 1.807) is 12.1 Å². The van der Waals surface area contributed by atoms with Crippen molar-refractivity contribution in [1.29, 1.82) is 0 Å². The molecule has 0 aliphatic rings. The third-order valence-electron chi connectivity index (χ3n) is 4.13. The van der Waals surface area contributed by atoms with Crippen molar-refractivity contribution < 1.29 is 19.1 Å². The molecule has 0 radical (unpaired) electrons. The van der Waals surface area contributed by atoms with Crippen LogP contribution in [0.4, 0.5) is 10.5 Å². The zero-order chi connectivity index (χ0) is 20.5. The van der Waals surface area contributed by atoms with Crippen molar-refractivity contribution in [1.82, 2.24) is 0 Å². The average Bonchev–Trinajstić information content (AvgIpc) is 2.69. The van der Waals surface area contributed by atoms with Gasteiger partial charge >= 0.3 is 6.09 Å². The highest BCUT2D eigenvalue weighted by Crippen LogP contribution is 2.26. The van der Waals surface area contributed by atoms with Gasteiger partial charge in [0.25, 0.3) is 0 Å². The minimum absolute atomic E-state index is 0.315. The van der Waals surface area contributed by atoms with Crippen LogP contribution in [0, 0.1) is 13.8 Å². The highest BCUT2D eigenvalue weighted by molar-refractivity contribution is 6.00. The molecule has 0 saturated carbocycles. The maximum absolute atomic E-state index is 11.5. The predicted molar refractivity (Wildman–Crippen MR) is 111 cm³/mol. The minimum atomic E-state index is -0.516. The highest BCUT2D eigenvalue weighted by Gasteiger charge is 2.11. The normalized spacial score (nSPS) is 10.9. The molecule has 0 saturated heterocycles. The summed E-state index contributed by atoms with van der Waals surface area (Å²) in [5.74, 6) is 0.772. The van der Waals surface area contributed by atoms with Crippen LogP contribution in [-0.2, 0) is 16.2 Å². The first-order valence-electron chi connectivity index (χ1n) is 8.91. The molecule has 1 amide bonds. The number of anilines is 1. The second kappa shape index (κ2) is 10.2. The summed E-state index contributed by atoms with van der Waals surface area (Å²) in [7, 11) is 1.33. The number of methoxy groups -OCH3 is 1. The van der Waals surface area contributed by atoms with E-state index in [0.717, 1.165) is 33.7 Å². The van der Waals surface area contributed by atoms with E-state index in [4.69, 9.17) is 9.57 Å². The summed E-state index contributed by atoms with van der Waals surface area (Å²) in [5.41, 5.74) is 5.32. The second-order valence-electron chi connectivity index (χ2n) is 6.26. The molecular weight excluding hydrogens is 356 g/mol. The summed E-state index contributed by atoms with van der Waals surface area (Å²) in [4.78, 5) is 16.7. The molecule has 0 fully saturated rings. The van der Waals surface area contributed by atoms with Crippen molar-refractivity contribution in [3.63, 3.8) is 0 Å². The molecule has 148 valence electrons. The van der Waals surface area contributed by atoms with Crippen molar-refractivity contribution in [3.05, 3.63) is 71.3 Å². The van der Waals surface area contributed by atoms with Gasteiger partial charge in [-0.1, -0.05) is 36.0 Å². The Kier molecular flexibility index (Phi) is 7.63. The number of carbonyl (C=O) groups is 1. The molecule has 28 heavy (non-hydrogen) atoms. The van der Waals surface area contributed by atoms with Gasteiger partial charge in [-0.25, -0.2) is 4.79 Å². The van der Waals surface area contributed by atoms with E-state index >= 15 is 0 Å². The number of amides is 1. The molecule has 2 aromatic carbocycles. The lowest BCUT2D eigenvalue weighted by atomic mass is 10.0. The maximum Gasteiger partial charge on any atom is 0.411 e. The number of carbonyl (C=O) groups excluding carboxylic acids is 1. The first-order valence-corrected chi connectivity index (χ1v) is 8.91. The van der Waals surface area contributed by atoms with E-state index in [1.807, 2.05) is 51.1 Å². The third-order valence-corrected chi connectivity index (χ3v) is 4.13. The van der Waals surface area contributed by atoms with Crippen molar-refractivity contribution in [2.45, 2.75) is 27.4 Å². The fourth-order valence-corrected chi connectivity index (χ4v) is 2.66. The van der Waals surface area contributed by atoms with Gasteiger partial charge in [0.05, 0.1) is 18.5 Å². The van der Waals surface area contributed by atoms with Crippen LogP contribution < -0.4 is 10.1 Å². The average molecular weight is 382 g/mol. The van der Waals surface area contributed by atoms with Gasteiger partial charge in [-0.3, -0.25) is 5.32 Å². The van der Waals surface area contributed by atoms with E-state index in [1.165, 1.54) is 7.11 Å². The predicted octanol–water partition coefficient (Wildman–Crippen LogP) is 4.99. The van der Waals surface area contributed by atoms with Gasteiger partial charge in [0, 0.05) is 11.1 Å². The monoisotopic (exact) mass is 382 g/mol. The molecule has 0 aliphatic carbocycles. The van der Waals surface area contributed by atoms with Crippen molar-refractivity contribution in [3.8, 4) is 5.75 Å². The molecule has 6 heteroatoms. The number of hydrogen-bond donors (Lipinski definition) is 1. The maximum atomic E-state index is 11.5. The van der Waals surface area contributed by atoms with Crippen LogP contribution in [0.25, 0.3) is 0 Å². The van der Waals surface area contributed by atoms with Gasteiger partial charge in [0.2, 0.25) is 0 Å². The number of nitrogens with zero attached hydrogens (tertiary/aromatic N) is 1. The molecule has 0 unspecified atom stereocenters. The van der Waals surface area contributed by atoms with Gasteiger partial charge in [-0.05, 0) is 50.1 Å². The van der Waals surface area contributed by atoms with Gasteiger partial charge < -0.3 is 14.3 Å². The molecule has 1 N–H and O–H groups in total. The topological polar surface area (TPSA) is 69.2 Å². The Bertz CT molecular complexity index is 875. The number of benzene rings is 2. The van der Waals surface area contributed by atoms with Crippen LogP contribution in [0.5, 0.6) is 5.75 Å². The Labute approximate surface area is 165 Å². The Morgan fingerprint density at radius 2 is 1.96 bits per heavy atom. The lowest BCUT2D eigenvalue weighted by Crippen LogP contribution is -2.13. The molecule has 0 aliphatic heterocycles. The number of oxime groups is 1. The molecule has 0 heterocycles. The Balaban J connectivity index is 2.16. The van der Waals surface area contributed by atoms with Crippen LogP contribution in [0.1, 0.15) is 29.2 Å². The zero-order valence-corrected chi connectivity index (χ0v) is 16.7. The van der Waals surface area contributed by atoms with Crippen LogP contribution in [0.15, 0.2) is 54.2 Å². The smallest absolute Gasteiger partial charge is 0.411 e. The Morgan fingerprint density at radius 3 is 2.68 bits per heavy atom. The quantitative estimate of drug-likeness (QED) is 0.302.